The summed E-state index contributed by atoms with van der Waals surface area (Å²) in [6, 6.07) is 38.0. The molecule has 0 bridgehead atoms. The second kappa shape index (κ2) is 15.8. The average molecular weight is 683 g/mol. The van der Waals surface area contributed by atoms with Crippen LogP contribution in [0.5, 0.6) is 5.75 Å². The van der Waals surface area contributed by atoms with Crippen LogP contribution in [0.3, 0.4) is 0 Å². The van der Waals surface area contributed by atoms with Crippen molar-refractivity contribution in [1.29, 1.82) is 0 Å². The van der Waals surface area contributed by atoms with E-state index < -0.39 is 17.1 Å². The molecule has 5 aromatic carbocycles. The van der Waals surface area contributed by atoms with Gasteiger partial charge in [-0.2, -0.15) is 0 Å². The van der Waals surface area contributed by atoms with Crippen molar-refractivity contribution >= 4 is 58.0 Å². The third-order valence-corrected chi connectivity index (χ3v) is 9.02. The molecule has 0 aliphatic carbocycles. The van der Waals surface area contributed by atoms with Crippen LogP contribution in [0.1, 0.15) is 29.3 Å². The summed E-state index contributed by atoms with van der Waals surface area (Å²) in [7, 11) is 1.56. The number of ether oxygens (including phenoxy) is 1. The molecular formula is C40H34N4O5S. The molecule has 1 unspecified atom stereocenters. The highest BCUT2D eigenvalue weighted by Gasteiger charge is 2.20. The molecule has 9 nitrogen and oxygen atoms in total. The van der Waals surface area contributed by atoms with E-state index >= 15 is 0 Å². The lowest BCUT2D eigenvalue weighted by molar-refractivity contribution is -0.116. The number of carbonyl (C=O) groups excluding carboxylic acids is 3. The quantitative estimate of drug-likeness (QED) is 0.0875. The Morgan fingerprint density at radius 2 is 1.58 bits per heavy atom. The van der Waals surface area contributed by atoms with Crippen molar-refractivity contribution in [3.05, 3.63) is 144 Å². The van der Waals surface area contributed by atoms with Crippen molar-refractivity contribution in [2.75, 3.05) is 17.7 Å². The van der Waals surface area contributed by atoms with Crippen molar-refractivity contribution in [3.63, 3.8) is 0 Å². The molecule has 0 radical (unpaired) electrons. The molecule has 1 atom stereocenters. The Balaban J connectivity index is 1.13. The molecule has 6 aromatic rings. The lowest BCUT2D eigenvalue weighted by Crippen LogP contribution is -2.30. The molecule has 1 aromatic heterocycles. The van der Waals surface area contributed by atoms with Crippen LogP contribution in [0.4, 0.5) is 11.4 Å². The summed E-state index contributed by atoms with van der Waals surface area (Å²) in [6.45, 7) is 1.95. The summed E-state index contributed by atoms with van der Waals surface area (Å²) >= 11 is 1.40. The minimum Gasteiger partial charge on any atom is -0.497 e. The number of nitrogens with zero attached hydrogens (tertiary/aromatic N) is 1. The molecule has 250 valence electrons. The first-order valence-corrected chi connectivity index (χ1v) is 16.8. The number of fused-ring (bicyclic) bond motifs is 1. The Kier molecular flexibility index (Phi) is 10.7. The molecular weight excluding hydrogens is 649 g/mol. The Hall–Kier alpha value is -6.13. The number of hydrogen-bond donors (Lipinski definition) is 3. The van der Waals surface area contributed by atoms with Gasteiger partial charge in [-0.05, 0) is 96.9 Å². The van der Waals surface area contributed by atoms with E-state index in [1.807, 2.05) is 73.7 Å². The van der Waals surface area contributed by atoms with Gasteiger partial charge in [0.15, 0.2) is 5.58 Å². The van der Waals surface area contributed by atoms with Gasteiger partial charge < -0.3 is 25.1 Å². The fraction of sp³-hybridized carbons (Fsp3) is 0.100. The van der Waals surface area contributed by atoms with Crippen molar-refractivity contribution in [1.82, 2.24) is 10.3 Å². The maximum atomic E-state index is 13.6. The van der Waals surface area contributed by atoms with Gasteiger partial charge in [-0.3, -0.25) is 14.4 Å². The molecule has 0 aliphatic rings. The zero-order valence-electron chi connectivity index (χ0n) is 27.4. The molecule has 0 spiro atoms. The molecule has 1 heterocycles. The maximum absolute atomic E-state index is 13.6. The van der Waals surface area contributed by atoms with Crippen LogP contribution in [0.25, 0.3) is 28.6 Å². The number of benzene rings is 5. The van der Waals surface area contributed by atoms with Crippen LogP contribution in [0.15, 0.2) is 142 Å². The van der Waals surface area contributed by atoms with Gasteiger partial charge in [0.25, 0.3) is 11.8 Å². The molecule has 0 saturated carbocycles. The largest absolute Gasteiger partial charge is 0.497 e. The number of rotatable bonds is 12. The smallest absolute Gasteiger partial charge is 0.272 e. The van der Waals surface area contributed by atoms with Gasteiger partial charge in [0.1, 0.15) is 17.0 Å². The number of amides is 3. The van der Waals surface area contributed by atoms with E-state index in [1.165, 1.54) is 11.8 Å². The fourth-order valence-electron chi connectivity index (χ4n) is 5.09. The molecule has 0 aliphatic heterocycles. The number of carbonyl (C=O) groups is 3. The van der Waals surface area contributed by atoms with Crippen LogP contribution in [-0.2, 0) is 9.59 Å². The molecule has 50 heavy (non-hydrogen) atoms. The first-order valence-electron chi connectivity index (χ1n) is 16.0. The minimum atomic E-state index is -0.509. The number of nitrogens with one attached hydrogen (secondary N) is 3. The average Bonchev–Trinajstić information content (AvgIpc) is 3.59. The van der Waals surface area contributed by atoms with Crippen LogP contribution in [0, 0.1) is 0 Å². The number of aromatic nitrogens is 1. The second-order valence-electron chi connectivity index (χ2n) is 11.2. The zero-order valence-corrected chi connectivity index (χ0v) is 28.2. The summed E-state index contributed by atoms with van der Waals surface area (Å²) in [5.74, 6) is 0.0551. The summed E-state index contributed by atoms with van der Waals surface area (Å²) in [4.78, 5) is 45.3. The van der Waals surface area contributed by atoms with Crippen molar-refractivity contribution in [2.24, 2.45) is 0 Å². The monoisotopic (exact) mass is 682 g/mol. The van der Waals surface area contributed by atoms with Gasteiger partial charge >= 0.3 is 0 Å². The van der Waals surface area contributed by atoms with Gasteiger partial charge in [-0.1, -0.05) is 55.5 Å². The highest BCUT2D eigenvalue weighted by Crippen LogP contribution is 2.30. The van der Waals surface area contributed by atoms with Crippen molar-refractivity contribution in [2.45, 2.75) is 23.5 Å². The Labute approximate surface area is 293 Å². The summed E-state index contributed by atoms with van der Waals surface area (Å²) in [6.07, 6.45) is 2.17. The first-order chi connectivity index (χ1) is 24.4. The normalized spacial score (nSPS) is 11.8. The van der Waals surface area contributed by atoms with E-state index in [2.05, 4.69) is 20.9 Å². The second-order valence-corrected chi connectivity index (χ2v) is 12.5. The van der Waals surface area contributed by atoms with Gasteiger partial charge in [0.2, 0.25) is 11.8 Å². The number of oxazole rings is 1. The van der Waals surface area contributed by atoms with E-state index in [1.54, 1.807) is 73.8 Å². The highest BCUT2D eigenvalue weighted by molar-refractivity contribution is 8.00. The van der Waals surface area contributed by atoms with Crippen molar-refractivity contribution < 1.29 is 23.5 Å². The minimum absolute atomic E-state index is 0.0538. The summed E-state index contributed by atoms with van der Waals surface area (Å²) in [5.41, 5.74) is 4.61. The fourth-order valence-corrected chi connectivity index (χ4v) is 6.10. The number of anilines is 2. The number of thioether (sulfide) groups is 1. The van der Waals surface area contributed by atoms with Gasteiger partial charge in [-0.15, -0.1) is 11.8 Å². The lowest BCUT2D eigenvalue weighted by atomic mass is 10.1. The Morgan fingerprint density at radius 3 is 2.34 bits per heavy atom. The van der Waals surface area contributed by atoms with E-state index in [4.69, 9.17) is 9.15 Å². The molecule has 3 amide bonds. The van der Waals surface area contributed by atoms with Crippen LogP contribution >= 0.6 is 11.8 Å². The molecule has 6 rings (SSSR count). The van der Waals surface area contributed by atoms with E-state index in [-0.39, 0.29) is 11.6 Å². The third kappa shape index (κ3) is 8.47. The van der Waals surface area contributed by atoms with Gasteiger partial charge in [0, 0.05) is 27.4 Å². The summed E-state index contributed by atoms with van der Waals surface area (Å²) < 4.78 is 11.2. The molecule has 10 heteroatoms. The molecule has 0 fully saturated rings. The predicted molar refractivity (Wildman–Crippen MR) is 198 cm³/mol. The maximum Gasteiger partial charge on any atom is 0.272 e. The predicted octanol–water partition coefficient (Wildman–Crippen LogP) is 8.42. The van der Waals surface area contributed by atoms with Gasteiger partial charge in [-0.25, -0.2) is 4.98 Å². The number of para-hydroxylation sites is 2. The van der Waals surface area contributed by atoms with Crippen LogP contribution < -0.4 is 20.7 Å². The zero-order chi connectivity index (χ0) is 34.9. The van der Waals surface area contributed by atoms with Crippen LogP contribution in [0.2, 0.25) is 0 Å². The summed E-state index contributed by atoms with van der Waals surface area (Å²) in [5, 5.41) is 8.26. The van der Waals surface area contributed by atoms with E-state index in [9.17, 15) is 14.4 Å². The SMILES string of the molecule is CCC(Sc1cccc(NC(=O)/C(=C/c2cccc(OC)c2)NC(=O)c2ccccc2)c1)C(=O)Nc1ccc(-c2nc3ccccc3o2)cc1. The third-order valence-electron chi connectivity index (χ3n) is 7.66. The first kappa shape index (κ1) is 33.8. The molecule has 3 N–H and O–H groups in total. The van der Waals surface area contributed by atoms with E-state index in [0.29, 0.717) is 46.1 Å². The topological polar surface area (TPSA) is 123 Å². The van der Waals surface area contributed by atoms with Crippen molar-refractivity contribution in [3.8, 4) is 17.2 Å². The molecule has 0 saturated heterocycles. The van der Waals surface area contributed by atoms with Gasteiger partial charge in [0.05, 0.1) is 12.4 Å². The highest BCUT2D eigenvalue weighted by atomic mass is 32.2. The Bertz CT molecular complexity index is 2130. The number of hydrogen-bond acceptors (Lipinski definition) is 7. The van der Waals surface area contributed by atoms with Crippen LogP contribution in [-0.4, -0.2) is 35.1 Å². The van der Waals surface area contributed by atoms with E-state index in [0.717, 1.165) is 16.0 Å². The lowest BCUT2D eigenvalue weighted by Gasteiger charge is -2.16. The Morgan fingerprint density at radius 1 is 0.820 bits per heavy atom. The standard InChI is InChI=1S/C40H34N4O5S/c1-3-36(39(47)41-29-21-19-28(20-22-29)40-44-33-17-7-8-18-35(33)49-40)50-32-16-10-14-30(25-32)42-38(46)34(24-26-11-9-15-31(23-26)48-2)43-37(45)27-12-5-4-6-13-27/h4-25,36H,3H2,1-2H3,(H,41,47)(H,42,46)(H,43,45)/b34-24-. The number of methoxy groups -OCH3 is 1.